The van der Waals surface area contributed by atoms with E-state index in [1.54, 1.807) is 11.6 Å². The number of hydrogen-bond donors (Lipinski definition) is 1. The van der Waals surface area contributed by atoms with Crippen molar-refractivity contribution in [2.45, 2.75) is 0 Å². The standard InChI is InChI=1S/C13H12N4O/c1-18-11-4-2-9(3-5-11)10-6-7-17-12(8-10)15-13(14)16-17/h2-8H,1H3,(H2,14,16). The molecule has 5 heteroatoms. The minimum Gasteiger partial charge on any atom is -0.497 e. The molecule has 0 unspecified atom stereocenters. The van der Waals surface area contributed by atoms with Gasteiger partial charge in [0.25, 0.3) is 0 Å². The first kappa shape index (κ1) is 10.6. The van der Waals surface area contributed by atoms with Gasteiger partial charge in [0.1, 0.15) is 5.75 Å². The van der Waals surface area contributed by atoms with Gasteiger partial charge in [0, 0.05) is 6.20 Å². The van der Waals surface area contributed by atoms with E-state index >= 15 is 0 Å². The highest BCUT2D eigenvalue weighted by Crippen LogP contribution is 2.23. The van der Waals surface area contributed by atoms with Gasteiger partial charge in [-0.1, -0.05) is 12.1 Å². The first-order chi connectivity index (χ1) is 8.76. The molecular formula is C13H12N4O. The second-order valence-corrected chi connectivity index (χ2v) is 3.92. The minimum absolute atomic E-state index is 0.280. The van der Waals surface area contributed by atoms with E-state index in [2.05, 4.69) is 10.1 Å². The van der Waals surface area contributed by atoms with Crippen LogP contribution in [0.15, 0.2) is 42.6 Å². The summed E-state index contributed by atoms with van der Waals surface area (Å²) in [5.74, 6) is 1.12. The van der Waals surface area contributed by atoms with E-state index in [0.717, 1.165) is 22.5 Å². The molecule has 0 aliphatic heterocycles. The molecule has 18 heavy (non-hydrogen) atoms. The zero-order chi connectivity index (χ0) is 12.5. The number of nitrogens with two attached hydrogens (primary N) is 1. The summed E-state index contributed by atoms with van der Waals surface area (Å²) in [4.78, 5) is 4.14. The monoisotopic (exact) mass is 240 g/mol. The van der Waals surface area contributed by atoms with Crippen LogP contribution in [0.25, 0.3) is 16.8 Å². The van der Waals surface area contributed by atoms with Crippen LogP contribution in [0.1, 0.15) is 0 Å². The molecule has 0 radical (unpaired) electrons. The van der Waals surface area contributed by atoms with Gasteiger partial charge >= 0.3 is 0 Å². The fourth-order valence-corrected chi connectivity index (χ4v) is 1.86. The summed E-state index contributed by atoms with van der Waals surface area (Å²) < 4.78 is 6.79. The maximum atomic E-state index is 5.56. The molecular weight excluding hydrogens is 228 g/mol. The van der Waals surface area contributed by atoms with Crippen molar-refractivity contribution in [3.63, 3.8) is 0 Å². The lowest BCUT2D eigenvalue weighted by atomic mass is 10.1. The van der Waals surface area contributed by atoms with Gasteiger partial charge in [0.15, 0.2) is 5.65 Å². The number of nitrogen functional groups attached to an aromatic ring is 1. The zero-order valence-corrected chi connectivity index (χ0v) is 9.87. The third-order valence-electron chi connectivity index (χ3n) is 2.78. The molecule has 0 atom stereocenters. The molecule has 0 amide bonds. The van der Waals surface area contributed by atoms with Crippen molar-refractivity contribution in [2.75, 3.05) is 12.8 Å². The molecule has 2 aromatic heterocycles. The highest BCUT2D eigenvalue weighted by Gasteiger charge is 2.03. The normalized spacial score (nSPS) is 10.7. The molecule has 0 fully saturated rings. The number of rotatable bonds is 2. The molecule has 3 rings (SSSR count). The van der Waals surface area contributed by atoms with Gasteiger partial charge < -0.3 is 10.5 Å². The topological polar surface area (TPSA) is 65.4 Å². The molecule has 0 spiro atoms. The number of ether oxygens (including phenoxy) is 1. The largest absolute Gasteiger partial charge is 0.497 e. The van der Waals surface area contributed by atoms with Gasteiger partial charge in [-0.05, 0) is 35.4 Å². The molecule has 0 aliphatic rings. The average Bonchev–Trinajstić information content (AvgIpc) is 2.78. The Labute approximate surface area is 104 Å². The van der Waals surface area contributed by atoms with Gasteiger partial charge in [-0.25, -0.2) is 4.52 Å². The molecule has 0 saturated carbocycles. The summed E-state index contributed by atoms with van der Waals surface area (Å²) in [6.45, 7) is 0. The van der Waals surface area contributed by atoms with Crippen molar-refractivity contribution in [2.24, 2.45) is 0 Å². The van der Waals surface area contributed by atoms with E-state index in [1.165, 1.54) is 0 Å². The molecule has 3 aromatic rings. The van der Waals surface area contributed by atoms with Crippen LogP contribution in [0, 0.1) is 0 Å². The van der Waals surface area contributed by atoms with Crippen molar-refractivity contribution in [1.29, 1.82) is 0 Å². The fraction of sp³-hybridized carbons (Fsp3) is 0.0769. The van der Waals surface area contributed by atoms with Crippen LogP contribution < -0.4 is 10.5 Å². The molecule has 0 bridgehead atoms. The minimum atomic E-state index is 0.280. The smallest absolute Gasteiger partial charge is 0.240 e. The van der Waals surface area contributed by atoms with Gasteiger partial charge in [0.05, 0.1) is 7.11 Å². The van der Waals surface area contributed by atoms with Crippen LogP contribution in [0.5, 0.6) is 5.75 Å². The third kappa shape index (κ3) is 1.75. The Morgan fingerprint density at radius 2 is 1.89 bits per heavy atom. The summed E-state index contributed by atoms with van der Waals surface area (Å²) >= 11 is 0. The first-order valence-corrected chi connectivity index (χ1v) is 5.52. The number of benzene rings is 1. The fourth-order valence-electron chi connectivity index (χ4n) is 1.86. The predicted molar refractivity (Wildman–Crippen MR) is 69.4 cm³/mol. The maximum absolute atomic E-state index is 5.56. The van der Waals surface area contributed by atoms with Crippen LogP contribution in [0.2, 0.25) is 0 Å². The Balaban J connectivity index is 2.06. The van der Waals surface area contributed by atoms with Gasteiger partial charge in [-0.3, -0.25) is 0 Å². The van der Waals surface area contributed by atoms with E-state index in [0.29, 0.717) is 0 Å². The number of anilines is 1. The summed E-state index contributed by atoms with van der Waals surface area (Å²) in [6, 6.07) is 11.8. The van der Waals surface area contributed by atoms with Gasteiger partial charge in [0.2, 0.25) is 5.95 Å². The Kier molecular flexibility index (Phi) is 2.37. The quantitative estimate of drug-likeness (QED) is 0.744. The lowest BCUT2D eigenvalue weighted by Gasteiger charge is -2.03. The van der Waals surface area contributed by atoms with Crippen molar-refractivity contribution in [3.8, 4) is 16.9 Å². The Morgan fingerprint density at radius 3 is 2.61 bits per heavy atom. The molecule has 2 N–H and O–H groups in total. The average molecular weight is 240 g/mol. The number of nitrogens with zero attached hydrogens (tertiary/aromatic N) is 3. The Morgan fingerprint density at radius 1 is 1.11 bits per heavy atom. The van der Waals surface area contributed by atoms with Gasteiger partial charge in [-0.2, -0.15) is 4.98 Å². The first-order valence-electron chi connectivity index (χ1n) is 5.52. The molecule has 90 valence electrons. The summed E-state index contributed by atoms with van der Waals surface area (Å²) in [6.07, 6.45) is 1.85. The number of methoxy groups -OCH3 is 1. The lowest BCUT2D eigenvalue weighted by molar-refractivity contribution is 0.415. The number of aromatic nitrogens is 3. The highest BCUT2D eigenvalue weighted by atomic mass is 16.5. The predicted octanol–water partition coefficient (Wildman–Crippen LogP) is 1.99. The van der Waals surface area contributed by atoms with E-state index < -0.39 is 0 Å². The lowest BCUT2D eigenvalue weighted by Crippen LogP contribution is -1.89. The Bertz CT molecular complexity index is 688. The van der Waals surface area contributed by atoms with Crippen molar-refractivity contribution in [1.82, 2.24) is 14.6 Å². The van der Waals surface area contributed by atoms with E-state index in [4.69, 9.17) is 10.5 Å². The van der Waals surface area contributed by atoms with Crippen LogP contribution in [0.4, 0.5) is 5.95 Å². The second-order valence-electron chi connectivity index (χ2n) is 3.92. The third-order valence-corrected chi connectivity index (χ3v) is 2.78. The molecule has 1 aromatic carbocycles. The molecule has 5 nitrogen and oxygen atoms in total. The van der Waals surface area contributed by atoms with E-state index in [9.17, 15) is 0 Å². The maximum Gasteiger partial charge on any atom is 0.240 e. The van der Waals surface area contributed by atoms with Crippen LogP contribution in [0.3, 0.4) is 0 Å². The van der Waals surface area contributed by atoms with Crippen LogP contribution in [-0.4, -0.2) is 21.7 Å². The van der Waals surface area contributed by atoms with Crippen LogP contribution >= 0.6 is 0 Å². The Hall–Kier alpha value is -2.56. The second kappa shape index (κ2) is 4.03. The molecule has 0 saturated heterocycles. The zero-order valence-electron chi connectivity index (χ0n) is 9.87. The summed E-state index contributed by atoms with van der Waals surface area (Å²) in [5.41, 5.74) is 8.46. The highest BCUT2D eigenvalue weighted by molar-refractivity contribution is 5.68. The summed E-state index contributed by atoms with van der Waals surface area (Å²) in [5, 5.41) is 4.04. The van der Waals surface area contributed by atoms with Crippen molar-refractivity contribution >= 4 is 11.6 Å². The SMILES string of the molecule is COc1ccc(-c2ccn3nc(N)nc3c2)cc1. The van der Waals surface area contributed by atoms with Crippen molar-refractivity contribution in [3.05, 3.63) is 42.6 Å². The van der Waals surface area contributed by atoms with E-state index in [1.807, 2.05) is 42.6 Å². The molecule has 0 aliphatic carbocycles. The van der Waals surface area contributed by atoms with Gasteiger partial charge in [-0.15, -0.1) is 5.10 Å². The summed E-state index contributed by atoms with van der Waals surface area (Å²) in [7, 11) is 1.65. The van der Waals surface area contributed by atoms with E-state index in [-0.39, 0.29) is 5.95 Å². The molecule has 2 heterocycles. The number of fused-ring (bicyclic) bond motifs is 1. The van der Waals surface area contributed by atoms with Crippen molar-refractivity contribution < 1.29 is 4.74 Å². The van der Waals surface area contributed by atoms with Crippen LogP contribution in [-0.2, 0) is 0 Å². The number of hydrogen-bond acceptors (Lipinski definition) is 4. The number of pyridine rings is 1.